The van der Waals surface area contributed by atoms with Crippen LogP contribution in [0.2, 0.25) is 0 Å². The van der Waals surface area contributed by atoms with Crippen molar-refractivity contribution in [1.29, 1.82) is 0 Å². The Morgan fingerprint density at radius 2 is 2.33 bits per heavy atom. The van der Waals surface area contributed by atoms with Crippen LogP contribution in [-0.2, 0) is 11.3 Å². The van der Waals surface area contributed by atoms with Crippen LogP contribution in [0.3, 0.4) is 0 Å². The van der Waals surface area contributed by atoms with E-state index in [1.807, 2.05) is 13.0 Å². The Labute approximate surface area is 108 Å². The second-order valence-electron chi connectivity index (χ2n) is 3.93. The number of hydrogen-bond donors (Lipinski definition) is 1. The van der Waals surface area contributed by atoms with Gasteiger partial charge in [-0.15, -0.1) is 0 Å². The SMILES string of the molecule is Cc1cnc2c(c1)[nH]c(=S)n2CCOCC(F)F. The fourth-order valence-corrected chi connectivity index (χ4v) is 1.97. The lowest BCUT2D eigenvalue weighted by Gasteiger charge is -2.05. The van der Waals surface area contributed by atoms with Gasteiger partial charge in [-0.2, -0.15) is 0 Å². The van der Waals surface area contributed by atoms with E-state index < -0.39 is 13.0 Å². The molecule has 0 amide bonds. The van der Waals surface area contributed by atoms with Gasteiger partial charge in [0.2, 0.25) is 0 Å². The van der Waals surface area contributed by atoms with Crippen LogP contribution in [0.4, 0.5) is 8.78 Å². The van der Waals surface area contributed by atoms with E-state index in [0.717, 1.165) is 11.1 Å². The first-order chi connectivity index (χ1) is 8.58. The number of nitrogens with zero attached hydrogens (tertiary/aromatic N) is 2. The molecule has 0 aliphatic rings. The highest BCUT2D eigenvalue weighted by atomic mass is 32.1. The molecule has 0 atom stereocenters. The topological polar surface area (TPSA) is 42.8 Å². The second kappa shape index (κ2) is 5.53. The van der Waals surface area contributed by atoms with E-state index >= 15 is 0 Å². The average molecular weight is 273 g/mol. The Morgan fingerprint density at radius 1 is 1.56 bits per heavy atom. The predicted molar refractivity (Wildman–Crippen MR) is 66.5 cm³/mol. The van der Waals surface area contributed by atoms with Gasteiger partial charge in [0.15, 0.2) is 10.4 Å². The molecule has 98 valence electrons. The molecule has 7 heteroatoms. The lowest BCUT2D eigenvalue weighted by atomic mass is 10.3. The van der Waals surface area contributed by atoms with Crippen molar-refractivity contribution in [3.05, 3.63) is 22.6 Å². The van der Waals surface area contributed by atoms with E-state index in [1.165, 1.54) is 0 Å². The first-order valence-corrected chi connectivity index (χ1v) is 5.90. The third-order valence-electron chi connectivity index (χ3n) is 2.45. The largest absolute Gasteiger partial charge is 0.374 e. The van der Waals surface area contributed by atoms with Gasteiger partial charge >= 0.3 is 0 Å². The minimum Gasteiger partial charge on any atom is -0.374 e. The van der Waals surface area contributed by atoms with Gasteiger partial charge < -0.3 is 9.72 Å². The van der Waals surface area contributed by atoms with E-state index in [1.54, 1.807) is 10.8 Å². The number of halogens is 2. The maximum atomic E-state index is 11.9. The van der Waals surface area contributed by atoms with E-state index in [9.17, 15) is 8.78 Å². The molecule has 0 aromatic carbocycles. The van der Waals surface area contributed by atoms with Gasteiger partial charge in [-0.25, -0.2) is 13.8 Å². The van der Waals surface area contributed by atoms with E-state index in [-0.39, 0.29) is 6.61 Å². The highest BCUT2D eigenvalue weighted by molar-refractivity contribution is 7.71. The van der Waals surface area contributed by atoms with Crippen LogP contribution >= 0.6 is 12.2 Å². The molecular weight excluding hydrogens is 260 g/mol. The normalized spacial score (nSPS) is 11.6. The fraction of sp³-hybridized carbons (Fsp3) is 0.455. The van der Waals surface area contributed by atoms with Gasteiger partial charge in [0, 0.05) is 6.20 Å². The monoisotopic (exact) mass is 273 g/mol. The van der Waals surface area contributed by atoms with Gasteiger partial charge in [-0.05, 0) is 30.8 Å². The Bertz CT molecular complexity index is 593. The number of aromatic amines is 1. The number of H-pyrrole nitrogens is 1. The number of ether oxygens (including phenoxy) is 1. The first kappa shape index (κ1) is 13.1. The minimum atomic E-state index is -2.44. The van der Waals surface area contributed by atoms with Crippen LogP contribution in [0, 0.1) is 11.7 Å². The van der Waals surface area contributed by atoms with Crippen molar-refractivity contribution < 1.29 is 13.5 Å². The third kappa shape index (κ3) is 2.91. The molecule has 0 saturated heterocycles. The number of aryl methyl sites for hydroxylation is 1. The quantitative estimate of drug-likeness (QED) is 0.673. The van der Waals surface area contributed by atoms with Crippen LogP contribution in [0.1, 0.15) is 5.56 Å². The Kier molecular flexibility index (Phi) is 4.03. The summed E-state index contributed by atoms with van der Waals surface area (Å²) in [6.45, 7) is 1.97. The molecule has 0 aliphatic carbocycles. The zero-order valence-corrected chi connectivity index (χ0v) is 10.6. The van der Waals surface area contributed by atoms with Crippen molar-refractivity contribution in [2.45, 2.75) is 19.9 Å². The summed E-state index contributed by atoms with van der Waals surface area (Å²) in [6, 6.07) is 1.94. The van der Waals surface area contributed by atoms with Crippen LogP contribution < -0.4 is 0 Å². The Hall–Kier alpha value is -1.34. The van der Waals surface area contributed by atoms with Gasteiger partial charge in [0.1, 0.15) is 6.61 Å². The predicted octanol–water partition coefficient (Wildman–Crippen LogP) is 2.68. The Balaban J connectivity index is 2.13. The van der Waals surface area contributed by atoms with Gasteiger partial charge in [-0.3, -0.25) is 4.57 Å². The molecule has 0 unspecified atom stereocenters. The average Bonchev–Trinajstić information content (AvgIpc) is 2.59. The highest BCUT2D eigenvalue weighted by Gasteiger charge is 2.06. The minimum absolute atomic E-state index is 0.182. The van der Waals surface area contributed by atoms with Crippen LogP contribution in [0.25, 0.3) is 11.2 Å². The van der Waals surface area contributed by atoms with Gasteiger partial charge in [0.25, 0.3) is 6.43 Å². The lowest BCUT2D eigenvalue weighted by molar-refractivity contribution is 0.0149. The molecule has 4 nitrogen and oxygen atoms in total. The van der Waals surface area contributed by atoms with Gasteiger partial charge in [0.05, 0.1) is 18.7 Å². The zero-order valence-electron chi connectivity index (χ0n) is 9.82. The number of rotatable bonds is 5. The number of nitrogens with one attached hydrogen (secondary N) is 1. The summed E-state index contributed by atoms with van der Waals surface area (Å²) in [5, 5.41) is 0. The summed E-state index contributed by atoms with van der Waals surface area (Å²) < 4.78 is 30.9. The van der Waals surface area contributed by atoms with Crippen molar-refractivity contribution in [2.24, 2.45) is 0 Å². The summed E-state index contributed by atoms with van der Waals surface area (Å²) in [7, 11) is 0. The summed E-state index contributed by atoms with van der Waals surface area (Å²) in [4.78, 5) is 7.31. The van der Waals surface area contributed by atoms with E-state index in [0.29, 0.717) is 17.0 Å². The molecule has 0 fully saturated rings. The molecule has 0 spiro atoms. The number of hydrogen-bond acceptors (Lipinski definition) is 3. The van der Waals surface area contributed by atoms with Crippen LogP contribution in [0.15, 0.2) is 12.3 Å². The number of fused-ring (bicyclic) bond motifs is 1. The van der Waals surface area contributed by atoms with Crippen molar-refractivity contribution in [2.75, 3.05) is 13.2 Å². The molecule has 0 aliphatic heterocycles. The zero-order chi connectivity index (χ0) is 13.1. The molecule has 2 rings (SSSR count). The van der Waals surface area contributed by atoms with Crippen molar-refractivity contribution >= 4 is 23.4 Å². The first-order valence-electron chi connectivity index (χ1n) is 5.49. The molecule has 0 saturated carbocycles. The lowest BCUT2D eigenvalue weighted by Crippen LogP contribution is -2.11. The molecule has 2 aromatic rings. The summed E-state index contributed by atoms with van der Waals surface area (Å²) in [5.41, 5.74) is 2.58. The molecule has 2 heterocycles. The Morgan fingerprint density at radius 3 is 3.06 bits per heavy atom. The molecule has 1 N–H and O–H groups in total. The fourth-order valence-electron chi connectivity index (χ4n) is 1.68. The number of pyridine rings is 1. The number of alkyl halides is 2. The summed E-state index contributed by atoms with van der Waals surface area (Å²) in [5.74, 6) is 0. The molecule has 0 bridgehead atoms. The van der Waals surface area contributed by atoms with Crippen LogP contribution in [-0.4, -0.2) is 34.2 Å². The van der Waals surface area contributed by atoms with Crippen molar-refractivity contribution in [3.63, 3.8) is 0 Å². The summed E-state index contributed by atoms with van der Waals surface area (Å²) in [6.07, 6.45) is -0.705. The highest BCUT2D eigenvalue weighted by Crippen LogP contribution is 2.12. The standard InChI is InChI=1S/C11H13F2N3OS/c1-7-4-8-10(14-5-7)16(11(18)15-8)2-3-17-6-9(12)13/h4-5,9H,2-3,6H2,1H3,(H,15,18). The van der Waals surface area contributed by atoms with Gasteiger partial charge in [-0.1, -0.05) is 0 Å². The smallest absolute Gasteiger partial charge is 0.261 e. The molecular formula is C11H13F2N3OS. The molecule has 18 heavy (non-hydrogen) atoms. The maximum absolute atomic E-state index is 11.9. The van der Waals surface area contributed by atoms with Crippen molar-refractivity contribution in [3.8, 4) is 0 Å². The van der Waals surface area contributed by atoms with Crippen molar-refractivity contribution in [1.82, 2.24) is 14.5 Å². The third-order valence-corrected chi connectivity index (χ3v) is 2.77. The summed E-state index contributed by atoms with van der Waals surface area (Å²) >= 11 is 5.16. The maximum Gasteiger partial charge on any atom is 0.261 e. The number of aromatic nitrogens is 3. The second-order valence-corrected chi connectivity index (χ2v) is 4.32. The molecule has 2 aromatic heterocycles. The number of imidazole rings is 1. The van der Waals surface area contributed by atoms with Crippen LogP contribution in [0.5, 0.6) is 0 Å². The van der Waals surface area contributed by atoms with E-state index in [4.69, 9.17) is 17.0 Å². The van der Waals surface area contributed by atoms with E-state index in [2.05, 4.69) is 9.97 Å². The molecule has 0 radical (unpaired) electrons.